The minimum absolute atomic E-state index is 0.0587. The third-order valence-corrected chi connectivity index (χ3v) is 3.94. The average molecular weight is 355 g/mol. The van der Waals surface area contributed by atoms with Gasteiger partial charge in [0.25, 0.3) is 0 Å². The van der Waals surface area contributed by atoms with Crippen LogP contribution in [0.25, 0.3) is 0 Å². The Hall–Kier alpha value is -2.82. The number of carbonyl (C=O) groups excluding carboxylic acids is 2. The van der Waals surface area contributed by atoms with E-state index >= 15 is 0 Å². The number of esters is 1. The second-order valence-electron chi connectivity index (χ2n) is 5.91. The molecule has 2 rings (SSSR count). The molecule has 0 saturated heterocycles. The van der Waals surface area contributed by atoms with Gasteiger partial charge >= 0.3 is 5.97 Å². The van der Waals surface area contributed by atoms with Crippen molar-refractivity contribution in [2.24, 2.45) is 0 Å². The fraction of sp³-hybridized carbons (Fsp3) is 0.333. The van der Waals surface area contributed by atoms with Gasteiger partial charge in [-0.25, -0.2) is 0 Å². The Labute approximate surface area is 154 Å². The quantitative estimate of drug-likeness (QED) is 0.665. The number of benzene rings is 2. The lowest BCUT2D eigenvalue weighted by Gasteiger charge is -2.12. The van der Waals surface area contributed by atoms with Crippen LogP contribution in [0.3, 0.4) is 0 Å². The summed E-state index contributed by atoms with van der Waals surface area (Å²) in [5.41, 5.74) is 2.17. The van der Waals surface area contributed by atoms with E-state index in [1.54, 1.807) is 0 Å². The summed E-state index contributed by atoms with van der Waals surface area (Å²) in [7, 11) is 1.35. The number of rotatable bonds is 10. The van der Waals surface area contributed by atoms with Crippen molar-refractivity contribution in [1.29, 1.82) is 0 Å². The summed E-state index contributed by atoms with van der Waals surface area (Å²) < 4.78 is 10.5. The topological polar surface area (TPSA) is 64.6 Å². The highest BCUT2D eigenvalue weighted by molar-refractivity contribution is 5.77. The first-order chi connectivity index (χ1) is 12.7. The van der Waals surface area contributed by atoms with Gasteiger partial charge in [-0.1, -0.05) is 48.5 Å². The predicted molar refractivity (Wildman–Crippen MR) is 99.8 cm³/mol. The van der Waals surface area contributed by atoms with E-state index in [4.69, 9.17) is 4.74 Å². The van der Waals surface area contributed by atoms with Crippen molar-refractivity contribution in [2.75, 3.05) is 13.7 Å². The van der Waals surface area contributed by atoms with Crippen LogP contribution in [0.4, 0.5) is 0 Å². The van der Waals surface area contributed by atoms with Crippen molar-refractivity contribution in [1.82, 2.24) is 5.32 Å². The number of methoxy groups -OCH3 is 1. The molecule has 0 aromatic heterocycles. The highest BCUT2D eigenvalue weighted by Crippen LogP contribution is 2.19. The summed E-state index contributed by atoms with van der Waals surface area (Å²) in [5, 5.41) is 2.88. The van der Waals surface area contributed by atoms with E-state index in [1.165, 1.54) is 7.11 Å². The lowest BCUT2D eigenvalue weighted by atomic mass is 10.1. The van der Waals surface area contributed by atoms with Gasteiger partial charge in [0.2, 0.25) is 5.91 Å². The van der Waals surface area contributed by atoms with E-state index in [2.05, 4.69) is 10.1 Å². The number of hydrogen-bond acceptors (Lipinski definition) is 4. The van der Waals surface area contributed by atoms with Gasteiger partial charge < -0.3 is 14.8 Å². The normalized spacial score (nSPS) is 10.2. The molecule has 2 aromatic rings. The van der Waals surface area contributed by atoms with E-state index in [1.807, 2.05) is 54.6 Å². The number of para-hydroxylation sites is 1. The summed E-state index contributed by atoms with van der Waals surface area (Å²) in [6.07, 6.45) is 1.77. The molecule has 26 heavy (non-hydrogen) atoms. The summed E-state index contributed by atoms with van der Waals surface area (Å²) in [6.45, 7) is 1.04. The van der Waals surface area contributed by atoms with Crippen LogP contribution in [0.1, 0.15) is 30.4 Å². The van der Waals surface area contributed by atoms with Crippen LogP contribution < -0.4 is 10.1 Å². The van der Waals surface area contributed by atoms with Gasteiger partial charge in [0.15, 0.2) is 0 Å². The zero-order chi connectivity index (χ0) is 18.6. The van der Waals surface area contributed by atoms with Crippen molar-refractivity contribution >= 4 is 11.9 Å². The predicted octanol–water partition coefficient (Wildman–Crippen LogP) is 3.27. The maximum Gasteiger partial charge on any atom is 0.305 e. The molecule has 138 valence electrons. The maximum atomic E-state index is 11.8. The lowest BCUT2D eigenvalue weighted by Crippen LogP contribution is -2.25. The van der Waals surface area contributed by atoms with Gasteiger partial charge in [-0.05, 0) is 30.0 Å². The van der Waals surface area contributed by atoms with Crippen LogP contribution in [0.15, 0.2) is 54.6 Å². The maximum absolute atomic E-state index is 11.8. The standard InChI is InChI=1S/C21H25NO4/c1-25-21(24)13-7-12-20(23)22-15-14-18-10-5-6-11-19(18)26-16-17-8-3-2-4-9-17/h2-6,8-11H,7,12-16H2,1H3,(H,22,23). The fourth-order valence-electron chi connectivity index (χ4n) is 2.51. The highest BCUT2D eigenvalue weighted by Gasteiger charge is 2.07. The van der Waals surface area contributed by atoms with Crippen molar-refractivity contribution < 1.29 is 19.1 Å². The average Bonchev–Trinajstić information content (AvgIpc) is 2.68. The zero-order valence-corrected chi connectivity index (χ0v) is 15.1. The molecule has 0 atom stereocenters. The van der Waals surface area contributed by atoms with Crippen LogP contribution in [-0.2, 0) is 27.4 Å². The molecule has 1 amide bonds. The molecular weight excluding hydrogens is 330 g/mol. The molecule has 0 aliphatic carbocycles. The van der Waals surface area contributed by atoms with E-state index < -0.39 is 0 Å². The van der Waals surface area contributed by atoms with Crippen LogP contribution >= 0.6 is 0 Å². The molecule has 0 saturated carbocycles. The second kappa shape index (κ2) is 10.9. The number of carbonyl (C=O) groups is 2. The Bertz CT molecular complexity index is 700. The van der Waals surface area contributed by atoms with Gasteiger partial charge in [-0.15, -0.1) is 0 Å². The number of ether oxygens (including phenoxy) is 2. The smallest absolute Gasteiger partial charge is 0.305 e. The highest BCUT2D eigenvalue weighted by atomic mass is 16.5. The summed E-state index contributed by atoms with van der Waals surface area (Å²) in [5.74, 6) is 0.482. The van der Waals surface area contributed by atoms with Gasteiger partial charge in [-0.2, -0.15) is 0 Å². The fourth-order valence-corrected chi connectivity index (χ4v) is 2.51. The molecule has 0 radical (unpaired) electrons. The van der Waals surface area contributed by atoms with E-state index in [0.29, 0.717) is 32.4 Å². The zero-order valence-electron chi connectivity index (χ0n) is 15.1. The van der Waals surface area contributed by atoms with E-state index in [9.17, 15) is 9.59 Å². The Morgan fingerprint density at radius 1 is 0.962 bits per heavy atom. The van der Waals surface area contributed by atoms with Crippen molar-refractivity contribution in [2.45, 2.75) is 32.3 Å². The number of hydrogen-bond donors (Lipinski definition) is 1. The Morgan fingerprint density at radius 2 is 1.69 bits per heavy atom. The van der Waals surface area contributed by atoms with Gasteiger partial charge in [0, 0.05) is 19.4 Å². The van der Waals surface area contributed by atoms with Crippen molar-refractivity contribution in [3.8, 4) is 5.75 Å². The number of amides is 1. The minimum atomic E-state index is -0.290. The van der Waals surface area contributed by atoms with Crippen molar-refractivity contribution in [3.05, 3.63) is 65.7 Å². The third-order valence-electron chi connectivity index (χ3n) is 3.94. The lowest BCUT2D eigenvalue weighted by molar-refractivity contribution is -0.140. The molecule has 0 aliphatic rings. The SMILES string of the molecule is COC(=O)CCCC(=O)NCCc1ccccc1OCc1ccccc1. The van der Waals surface area contributed by atoms with Crippen LogP contribution in [0, 0.1) is 0 Å². The first-order valence-electron chi connectivity index (χ1n) is 8.77. The largest absolute Gasteiger partial charge is 0.489 e. The molecule has 2 aromatic carbocycles. The van der Waals surface area contributed by atoms with Gasteiger partial charge in [0.1, 0.15) is 12.4 Å². The van der Waals surface area contributed by atoms with Crippen LogP contribution in [-0.4, -0.2) is 25.5 Å². The summed E-state index contributed by atoms with van der Waals surface area (Å²) in [4.78, 5) is 22.8. The molecule has 0 heterocycles. The molecule has 5 nitrogen and oxygen atoms in total. The minimum Gasteiger partial charge on any atom is -0.489 e. The molecule has 0 aliphatic heterocycles. The third kappa shape index (κ3) is 6.97. The van der Waals surface area contributed by atoms with Gasteiger partial charge in [0.05, 0.1) is 7.11 Å². The molecular formula is C21H25NO4. The first-order valence-corrected chi connectivity index (χ1v) is 8.77. The van der Waals surface area contributed by atoms with E-state index in [0.717, 1.165) is 16.9 Å². The Kier molecular flexibility index (Phi) is 8.19. The molecule has 0 spiro atoms. The number of nitrogens with one attached hydrogen (secondary N) is 1. The first kappa shape index (κ1) is 19.5. The second-order valence-corrected chi connectivity index (χ2v) is 5.91. The van der Waals surface area contributed by atoms with Gasteiger partial charge in [-0.3, -0.25) is 9.59 Å². The van der Waals surface area contributed by atoms with Crippen LogP contribution in [0.5, 0.6) is 5.75 Å². The van der Waals surface area contributed by atoms with Crippen molar-refractivity contribution in [3.63, 3.8) is 0 Å². The molecule has 0 unspecified atom stereocenters. The molecule has 0 fully saturated rings. The molecule has 1 N–H and O–H groups in total. The monoisotopic (exact) mass is 355 g/mol. The van der Waals surface area contributed by atoms with Crippen LogP contribution in [0.2, 0.25) is 0 Å². The Balaban J connectivity index is 1.75. The summed E-state index contributed by atoms with van der Waals surface area (Å²) in [6, 6.07) is 17.8. The molecule has 0 bridgehead atoms. The summed E-state index contributed by atoms with van der Waals surface area (Å²) >= 11 is 0. The van der Waals surface area contributed by atoms with E-state index in [-0.39, 0.29) is 18.3 Å². The Morgan fingerprint density at radius 3 is 2.46 bits per heavy atom. The molecule has 5 heteroatoms.